The Morgan fingerprint density at radius 1 is 1.04 bits per heavy atom. The number of nitrogens with one attached hydrogen (secondary N) is 2. The molecule has 5 heteroatoms. The molecule has 2 N–H and O–H groups in total. The van der Waals surface area contributed by atoms with Gasteiger partial charge in [0.15, 0.2) is 0 Å². The van der Waals surface area contributed by atoms with Gasteiger partial charge in [-0.1, -0.05) is 43.3 Å². The van der Waals surface area contributed by atoms with Crippen molar-refractivity contribution in [1.82, 2.24) is 5.32 Å². The van der Waals surface area contributed by atoms with E-state index in [1.807, 2.05) is 30.3 Å². The van der Waals surface area contributed by atoms with E-state index in [1.54, 1.807) is 45.0 Å². The highest BCUT2D eigenvalue weighted by atomic mass is 16.6. The first-order valence-corrected chi connectivity index (χ1v) is 8.68. The molecule has 0 saturated heterocycles. The summed E-state index contributed by atoms with van der Waals surface area (Å²) in [5.41, 5.74) is 1.60. The van der Waals surface area contributed by atoms with Gasteiger partial charge in [0.2, 0.25) is 0 Å². The number of carbonyl (C=O) groups excluding carboxylic acids is 2. The fourth-order valence-corrected chi connectivity index (χ4v) is 2.41. The number of hydrogen-bond acceptors (Lipinski definition) is 3. The van der Waals surface area contributed by atoms with Crippen molar-refractivity contribution in [1.29, 1.82) is 0 Å². The monoisotopic (exact) mass is 354 g/mol. The lowest BCUT2D eigenvalue weighted by atomic mass is 10.0. The minimum Gasteiger partial charge on any atom is -0.444 e. The molecule has 0 aliphatic rings. The minimum atomic E-state index is -0.577. The van der Waals surface area contributed by atoms with Gasteiger partial charge in [-0.05, 0) is 50.5 Å². The van der Waals surface area contributed by atoms with Crippen LogP contribution in [0.2, 0.25) is 0 Å². The molecule has 2 amide bonds. The Labute approximate surface area is 154 Å². The fraction of sp³-hybridized carbons (Fsp3) is 0.333. The van der Waals surface area contributed by atoms with Crippen LogP contribution in [-0.4, -0.2) is 24.1 Å². The fourth-order valence-electron chi connectivity index (χ4n) is 2.41. The molecule has 0 heterocycles. The summed E-state index contributed by atoms with van der Waals surface area (Å²) in [6.07, 6.45) is -0.548. The quantitative estimate of drug-likeness (QED) is 0.827. The SMILES string of the molecule is CC(CNC(=O)c1cccc(NC(=O)OC(C)(C)C)c1)c1ccccc1. The zero-order valence-electron chi connectivity index (χ0n) is 15.7. The highest BCUT2D eigenvalue weighted by Gasteiger charge is 2.16. The van der Waals surface area contributed by atoms with Gasteiger partial charge < -0.3 is 10.1 Å². The molecule has 0 radical (unpaired) electrons. The van der Waals surface area contributed by atoms with Crippen LogP contribution in [0.3, 0.4) is 0 Å². The summed E-state index contributed by atoms with van der Waals surface area (Å²) >= 11 is 0. The van der Waals surface area contributed by atoms with Crippen molar-refractivity contribution in [2.75, 3.05) is 11.9 Å². The minimum absolute atomic E-state index is 0.180. The van der Waals surface area contributed by atoms with Crippen molar-refractivity contribution < 1.29 is 14.3 Å². The highest BCUT2D eigenvalue weighted by molar-refractivity contribution is 5.96. The van der Waals surface area contributed by atoms with Crippen LogP contribution < -0.4 is 10.6 Å². The summed E-state index contributed by atoms with van der Waals surface area (Å²) < 4.78 is 5.22. The Bertz CT molecular complexity index is 751. The van der Waals surface area contributed by atoms with Crippen LogP contribution in [-0.2, 0) is 4.74 Å². The molecular formula is C21H26N2O3. The van der Waals surface area contributed by atoms with E-state index in [1.165, 1.54) is 5.56 Å². The van der Waals surface area contributed by atoms with E-state index in [0.717, 1.165) is 0 Å². The van der Waals surface area contributed by atoms with Crippen LogP contribution >= 0.6 is 0 Å². The topological polar surface area (TPSA) is 67.4 Å². The third kappa shape index (κ3) is 6.24. The number of benzene rings is 2. The smallest absolute Gasteiger partial charge is 0.412 e. The van der Waals surface area contributed by atoms with Crippen LogP contribution in [0.25, 0.3) is 0 Å². The van der Waals surface area contributed by atoms with Gasteiger partial charge in [0.05, 0.1) is 0 Å². The average Bonchev–Trinajstić information content (AvgIpc) is 2.58. The Morgan fingerprint density at radius 2 is 1.73 bits per heavy atom. The maximum Gasteiger partial charge on any atom is 0.412 e. The first-order chi connectivity index (χ1) is 12.2. The predicted octanol–water partition coefficient (Wildman–Crippen LogP) is 4.57. The molecule has 1 atom stereocenters. The zero-order chi connectivity index (χ0) is 19.2. The second-order valence-electron chi connectivity index (χ2n) is 7.23. The average molecular weight is 354 g/mol. The Balaban J connectivity index is 1.94. The molecule has 0 spiro atoms. The molecule has 2 rings (SSSR count). The second kappa shape index (κ2) is 8.52. The van der Waals surface area contributed by atoms with E-state index < -0.39 is 11.7 Å². The molecule has 5 nitrogen and oxygen atoms in total. The maximum absolute atomic E-state index is 12.4. The molecule has 1 unspecified atom stereocenters. The van der Waals surface area contributed by atoms with Crippen LogP contribution in [0.4, 0.5) is 10.5 Å². The number of amides is 2. The third-order valence-electron chi connectivity index (χ3n) is 3.71. The third-order valence-corrected chi connectivity index (χ3v) is 3.71. The van der Waals surface area contributed by atoms with E-state index in [9.17, 15) is 9.59 Å². The zero-order valence-corrected chi connectivity index (χ0v) is 15.7. The summed E-state index contributed by atoms with van der Waals surface area (Å²) in [7, 11) is 0. The molecule has 2 aromatic carbocycles. The molecule has 26 heavy (non-hydrogen) atoms. The van der Waals surface area contributed by atoms with Gasteiger partial charge in [0.25, 0.3) is 5.91 Å². The summed E-state index contributed by atoms with van der Waals surface area (Å²) in [6.45, 7) is 7.99. The molecule has 138 valence electrons. The summed E-state index contributed by atoms with van der Waals surface area (Å²) in [4.78, 5) is 24.2. The number of rotatable bonds is 5. The van der Waals surface area contributed by atoms with Crippen LogP contribution in [0.1, 0.15) is 49.5 Å². The van der Waals surface area contributed by atoms with E-state index in [0.29, 0.717) is 17.8 Å². The number of hydrogen-bond donors (Lipinski definition) is 2. The van der Waals surface area contributed by atoms with E-state index in [2.05, 4.69) is 17.6 Å². The predicted molar refractivity (Wildman–Crippen MR) is 103 cm³/mol. The van der Waals surface area contributed by atoms with Crippen molar-refractivity contribution in [2.45, 2.75) is 39.2 Å². The molecule has 0 aliphatic heterocycles. The normalized spacial score (nSPS) is 12.2. The lowest BCUT2D eigenvalue weighted by Crippen LogP contribution is -2.28. The lowest BCUT2D eigenvalue weighted by Gasteiger charge is -2.19. The van der Waals surface area contributed by atoms with Gasteiger partial charge in [-0.2, -0.15) is 0 Å². The summed E-state index contributed by atoms with van der Waals surface area (Å²) in [5.74, 6) is 0.0313. The number of carbonyl (C=O) groups is 2. The van der Waals surface area contributed by atoms with Gasteiger partial charge in [0, 0.05) is 17.8 Å². The first-order valence-electron chi connectivity index (χ1n) is 8.68. The van der Waals surface area contributed by atoms with Crippen molar-refractivity contribution in [2.24, 2.45) is 0 Å². The van der Waals surface area contributed by atoms with E-state index in [-0.39, 0.29) is 11.8 Å². The van der Waals surface area contributed by atoms with Crippen LogP contribution in [0, 0.1) is 0 Å². The van der Waals surface area contributed by atoms with Crippen molar-refractivity contribution in [3.63, 3.8) is 0 Å². The highest BCUT2D eigenvalue weighted by Crippen LogP contribution is 2.15. The molecular weight excluding hydrogens is 328 g/mol. The number of ether oxygens (including phenoxy) is 1. The molecule has 0 bridgehead atoms. The first kappa shape index (κ1) is 19.5. The van der Waals surface area contributed by atoms with Gasteiger partial charge in [-0.15, -0.1) is 0 Å². The van der Waals surface area contributed by atoms with Gasteiger partial charge in [-0.25, -0.2) is 4.79 Å². The largest absolute Gasteiger partial charge is 0.444 e. The van der Waals surface area contributed by atoms with Crippen molar-refractivity contribution in [3.05, 3.63) is 65.7 Å². The van der Waals surface area contributed by atoms with Crippen LogP contribution in [0.15, 0.2) is 54.6 Å². The van der Waals surface area contributed by atoms with Crippen molar-refractivity contribution in [3.8, 4) is 0 Å². The van der Waals surface area contributed by atoms with Gasteiger partial charge >= 0.3 is 6.09 Å². The summed E-state index contributed by atoms with van der Waals surface area (Å²) in [6, 6.07) is 16.8. The van der Waals surface area contributed by atoms with Gasteiger partial charge in [0.1, 0.15) is 5.60 Å². The molecule has 0 fully saturated rings. The Kier molecular flexibility index (Phi) is 6.39. The van der Waals surface area contributed by atoms with E-state index >= 15 is 0 Å². The van der Waals surface area contributed by atoms with E-state index in [4.69, 9.17) is 4.74 Å². The Morgan fingerprint density at radius 3 is 2.38 bits per heavy atom. The standard InChI is InChI=1S/C21H26N2O3/c1-15(16-9-6-5-7-10-16)14-22-19(24)17-11-8-12-18(13-17)23-20(25)26-21(2,3)4/h5-13,15H,14H2,1-4H3,(H,22,24)(H,23,25). The molecule has 2 aromatic rings. The molecule has 0 saturated carbocycles. The maximum atomic E-state index is 12.4. The molecule has 0 aromatic heterocycles. The number of anilines is 1. The van der Waals surface area contributed by atoms with Crippen molar-refractivity contribution >= 4 is 17.7 Å². The molecule has 0 aliphatic carbocycles. The summed E-state index contributed by atoms with van der Waals surface area (Å²) in [5, 5.41) is 5.58. The lowest BCUT2D eigenvalue weighted by molar-refractivity contribution is 0.0635. The Hall–Kier alpha value is -2.82. The van der Waals surface area contributed by atoms with Gasteiger partial charge in [-0.3, -0.25) is 10.1 Å². The second-order valence-corrected chi connectivity index (χ2v) is 7.23. The van der Waals surface area contributed by atoms with Crippen LogP contribution in [0.5, 0.6) is 0 Å².